The molecule has 0 saturated carbocycles. The third-order valence-corrected chi connectivity index (χ3v) is 3.30. The molecule has 0 aliphatic heterocycles. The maximum Gasteiger partial charge on any atom is 0.115 e. The van der Waals surface area contributed by atoms with E-state index < -0.39 is 6.10 Å². The third-order valence-electron chi connectivity index (χ3n) is 3.30. The molecule has 0 aromatic heterocycles. The molecule has 0 fully saturated rings. The molecule has 0 spiro atoms. The van der Waals surface area contributed by atoms with Crippen molar-refractivity contribution >= 4 is 0 Å². The van der Waals surface area contributed by atoms with Crippen LogP contribution in [0.25, 0.3) is 0 Å². The lowest BCUT2D eigenvalue weighted by molar-refractivity contribution is 0.0385. The van der Waals surface area contributed by atoms with Crippen LogP contribution < -0.4 is 0 Å². The van der Waals surface area contributed by atoms with E-state index in [1.807, 2.05) is 6.08 Å². The van der Waals surface area contributed by atoms with Gasteiger partial charge in [0, 0.05) is 6.08 Å². The van der Waals surface area contributed by atoms with E-state index >= 15 is 0 Å². The number of ether oxygens (including phenoxy) is 1. The lowest BCUT2D eigenvalue weighted by Crippen LogP contribution is -2.17. The summed E-state index contributed by atoms with van der Waals surface area (Å²) in [5.74, 6) is 6.57. The van der Waals surface area contributed by atoms with E-state index in [-0.39, 0.29) is 13.2 Å². The highest BCUT2D eigenvalue weighted by Crippen LogP contribution is 2.12. The maximum atomic E-state index is 9.01. The molecule has 0 aromatic rings. The van der Waals surface area contributed by atoms with Crippen LogP contribution in [0.2, 0.25) is 0 Å². The van der Waals surface area contributed by atoms with Crippen LogP contribution in [0.5, 0.6) is 0 Å². The summed E-state index contributed by atoms with van der Waals surface area (Å²) in [4.78, 5) is 0. The van der Waals surface area contributed by atoms with Gasteiger partial charge in [-0.3, -0.25) is 0 Å². The SMILES string of the molecule is CCC(C)CCCCCC=CC#CC=COC[C@@H](O)CO. The number of hydrogen-bond acceptors (Lipinski definition) is 3. The highest BCUT2D eigenvalue weighted by Gasteiger charge is 1.98. The topological polar surface area (TPSA) is 49.7 Å². The van der Waals surface area contributed by atoms with Crippen LogP contribution in [0, 0.1) is 17.8 Å². The fourth-order valence-corrected chi connectivity index (χ4v) is 1.68. The number of allylic oxidation sites excluding steroid dienone is 3. The molecular weight excluding hydrogens is 264 g/mol. The van der Waals surface area contributed by atoms with Crippen LogP contribution in [-0.4, -0.2) is 29.5 Å². The van der Waals surface area contributed by atoms with Crippen LogP contribution in [0.4, 0.5) is 0 Å². The molecule has 2 atom stereocenters. The van der Waals surface area contributed by atoms with Crippen molar-refractivity contribution in [1.29, 1.82) is 0 Å². The van der Waals surface area contributed by atoms with E-state index in [0.29, 0.717) is 0 Å². The average Bonchev–Trinajstić information content (AvgIpc) is 2.51. The predicted molar refractivity (Wildman–Crippen MR) is 87.6 cm³/mol. The molecular formula is C18H30O3. The maximum absolute atomic E-state index is 9.01. The Bertz CT molecular complexity index is 336. The molecule has 120 valence electrons. The van der Waals surface area contributed by atoms with Gasteiger partial charge in [0.25, 0.3) is 0 Å². The number of hydrogen-bond donors (Lipinski definition) is 2. The number of rotatable bonds is 11. The van der Waals surface area contributed by atoms with Crippen LogP contribution in [-0.2, 0) is 4.74 Å². The minimum Gasteiger partial charge on any atom is -0.498 e. The third kappa shape index (κ3) is 15.0. The quantitative estimate of drug-likeness (QED) is 0.349. The zero-order valence-electron chi connectivity index (χ0n) is 13.4. The fraction of sp³-hybridized carbons (Fsp3) is 0.667. The van der Waals surface area contributed by atoms with Crippen LogP contribution in [0.1, 0.15) is 52.4 Å². The van der Waals surface area contributed by atoms with Gasteiger partial charge < -0.3 is 14.9 Å². The lowest BCUT2D eigenvalue weighted by atomic mass is 10.0. The van der Waals surface area contributed by atoms with Gasteiger partial charge >= 0.3 is 0 Å². The van der Waals surface area contributed by atoms with Crippen molar-refractivity contribution in [2.75, 3.05) is 13.2 Å². The van der Waals surface area contributed by atoms with Gasteiger partial charge in [0.1, 0.15) is 12.7 Å². The second-order valence-electron chi connectivity index (χ2n) is 5.31. The van der Waals surface area contributed by atoms with Crippen molar-refractivity contribution in [1.82, 2.24) is 0 Å². The highest BCUT2D eigenvalue weighted by atomic mass is 16.5. The van der Waals surface area contributed by atoms with E-state index in [2.05, 4.69) is 31.8 Å². The van der Waals surface area contributed by atoms with Gasteiger partial charge in [0.15, 0.2) is 0 Å². The van der Waals surface area contributed by atoms with Gasteiger partial charge in [-0.25, -0.2) is 0 Å². The first-order chi connectivity index (χ1) is 10.2. The normalized spacial score (nSPS) is 14.1. The number of aliphatic hydroxyl groups excluding tert-OH is 2. The summed E-state index contributed by atoms with van der Waals surface area (Å²) in [7, 11) is 0. The van der Waals surface area contributed by atoms with E-state index in [1.54, 1.807) is 6.08 Å². The molecule has 3 heteroatoms. The molecule has 0 heterocycles. The van der Waals surface area contributed by atoms with Gasteiger partial charge in [-0.15, -0.1) is 0 Å². The lowest BCUT2D eigenvalue weighted by Gasteiger charge is -2.06. The standard InChI is InChI=1S/C18H30O3/c1-3-17(2)13-11-9-7-5-4-6-8-10-12-14-21-16-18(20)15-19/h4,6,12,14,17-20H,3,5,7,9,11,13,15-16H2,1-2H3/t17?,18-/m0/s1. The largest absolute Gasteiger partial charge is 0.498 e. The van der Waals surface area contributed by atoms with Crippen molar-refractivity contribution in [2.24, 2.45) is 5.92 Å². The molecule has 0 radical (unpaired) electrons. The van der Waals surface area contributed by atoms with Gasteiger partial charge in [0.05, 0.1) is 12.9 Å². The Kier molecular flexibility index (Phi) is 14.3. The van der Waals surface area contributed by atoms with E-state index in [0.717, 1.165) is 12.3 Å². The summed E-state index contributed by atoms with van der Waals surface area (Å²) in [5, 5.41) is 17.6. The van der Waals surface area contributed by atoms with Gasteiger partial charge in [-0.2, -0.15) is 0 Å². The molecule has 2 N–H and O–H groups in total. The van der Waals surface area contributed by atoms with Gasteiger partial charge in [-0.05, 0) is 24.8 Å². The van der Waals surface area contributed by atoms with Gasteiger partial charge in [-0.1, -0.05) is 57.4 Å². The molecule has 0 aliphatic rings. The van der Waals surface area contributed by atoms with Crippen molar-refractivity contribution in [3.05, 3.63) is 24.5 Å². The molecule has 0 saturated heterocycles. The molecule has 0 aromatic carbocycles. The zero-order chi connectivity index (χ0) is 15.8. The summed E-state index contributed by atoms with van der Waals surface area (Å²) < 4.78 is 4.97. The minimum atomic E-state index is -0.831. The van der Waals surface area contributed by atoms with E-state index in [1.165, 1.54) is 38.4 Å². The molecule has 0 amide bonds. The summed E-state index contributed by atoms with van der Waals surface area (Å²) in [6, 6.07) is 0. The second-order valence-corrected chi connectivity index (χ2v) is 5.31. The first-order valence-electron chi connectivity index (χ1n) is 7.92. The van der Waals surface area contributed by atoms with Crippen molar-refractivity contribution < 1.29 is 14.9 Å². The molecule has 21 heavy (non-hydrogen) atoms. The molecule has 0 bridgehead atoms. The number of aliphatic hydroxyl groups is 2. The first-order valence-corrected chi connectivity index (χ1v) is 7.92. The summed E-state index contributed by atoms with van der Waals surface area (Å²) in [6.45, 7) is 4.36. The zero-order valence-corrected chi connectivity index (χ0v) is 13.4. The van der Waals surface area contributed by atoms with Crippen LogP contribution >= 0.6 is 0 Å². The molecule has 0 aliphatic carbocycles. The molecule has 3 nitrogen and oxygen atoms in total. The fourth-order valence-electron chi connectivity index (χ4n) is 1.68. The summed E-state index contributed by atoms with van der Waals surface area (Å²) in [5.41, 5.74) is 0. The minimum absolute atomic E-state index is 0.0845. The Morgan fingerprint density at radius 2 is 1.90 bits per heavy atom. The summed E-state index contributed by atoms with van der Waals surface area (Å²) in [6.07, 6.45) is 13.7. The average molecular weight is 294 g/mol. The highest BCUT2D eigenvalue weighted by molar-refractivity contribution is 5.22. The van der Waals surface area contributed by atoms with Gasteiger partial charge in [0.2, 0.25) is 0 Å². The Morgan fingerprint density at radius 3 is 2.62 bits per heavy atom. The van der Waals surface area contributed by atoms with Crippen molar-refractivity contribution in [2.45, 2.75) is 58.5 Å². The van der Waals surface area contributed by atoms with Crippen LogP contribution in [0.3, 0.4) is 0 Å². The first kappa shape index (κ1) is 19.8. The Balaban J connectivity index is 3.47. The van der Waals surface area contributed by atoms with Crippen molar-refractivity contribution in [3.63, 3.8) is 0 Å². The Labute approximate surface area is 129 Å². The summed E-state index contributed by atoms with van der Waals surface area (Å²) >= 11 is 0. The smallest absolute Gasteiger partial charge is 0.115 e. The molecule has 1 unspecified atom stereocenters. The second kappa shape index (κ2) is 15.2. The monoisotopic (exact) mass is 294 g/mol. The van der Waals surface area contributed by atoms with E-state index in [9.17, 15) is 0 Å². The molecule has 0 rings (SSSR count). The Morgan fingerprint density at radius 1 is 1.14 bits per heavy atom. The van der Waals surface area contributed by atoms with Crippen LogP contribution in [0.15, 0.2) is 24.5 Å². The van der Waals surface area contributed by atoms with Crippen molar-refractivity contribution in [3.8, 4) is 11.8 Å². The Hall–Kier alpha value is -1.24. The van der Waals surface area contributed by atoms with E-state index in [4.69, 9.17) is 14.9 Å². The predicted octanol–water partition coefficient (Wildman–Crippen LogP) is 3.43. The number of unbranched alkanes of at least 4 members (excludes halogenated alkanes) is 3.